The Bertz CT molecular complexity index is 884. The standard InChI is InChI=1S/C25H33N3O/c1-25(2)17-21-12-11-19(18-28(5)14-13-27(3)4)15-22(21)23(26-25)16-24(29)20-9-7-6-8-10-20/h6-12,15-16,26H,13-14,17-18H2,1-5H3/b23-16-. The molecule has 4 nitrogen and oxygen atoms in total. The summed E-state index contributed by atoms with van der Waals surface area (Å²) in [5.74, 6) is 0.0326. The highest BCUT2D eigenvalue weighted by atomic mass is 16.1. The Morgan fingerprint density at radius 1 is 1.07 bits per heavy atom. The molecule has 1 aliphatic rings. The van der Waals surface area contributed by atoms with Crippen LogP contribution in [0, 0.1) is 0 Å². The van der Waals surface area contributed by atoms with Crippen LogP contribution in [0.1, 0.15) is 40.9 Å². The van der Waals surface area contributed by atoms with Gasteiger partial charge in [-0.3, -0.25) is 4.79 Å². The Balaban J connectivity index is 1.88. The SMILES string of the molecule is CN(C)CCN(C)Cc1ccc2c(c1)/C(=C/C(=O)c1ccccc1)NC(C)(C)C2. The number of fused-ring (bicyclic) bond motifs is 1. The molecule has 1 aliphatic heterocycles. The highest BCUT2D eigenvalue weighted by molar-refractivity contribution is 6.08. The number of allylic oxidation sites excluding steroid dienone is 1. The lowest BCUT2D eigenvalue weighted by atomic mass is 9.84. The quantitative estimate of drug-likeness (QED) is 0.575. The summed E-state index contributed by atoms with van der Waals surface area (Å²) in [7, 11) is 6.35. The van der Waals surface area contributed by atoms with Crippen molar-refractivity contribution in [2.45, 2.75) is 32.4 Å². The van der Waals surface area contributed by atoms with Crippen LogP contribution in [0.5, 0.6) is 0 Å². The van der Waals surface area contributed by atoms with Gasteiger partial charge >= 0.3 is 0 Å². The predicted molar refractivity (Wildman–Crippen MR) is 121 cm³/mol. The Hall–Kier alpha value is -2.43. The molecule has 0 unspecified atom stereocenters. The molecule has 0 saturated carbocycles. The summed E-state index contributed by atoms with van der Waals surface area (Å²) in [4.78, 5) is 17.3. The van der Waals surface area contributed by atoms with Crippen molar-refractivity contribution < 1.29 is 4.79 Å². The first-order valence-electron chi connectivity index (χ1n) is 10.3. The van der Waals surface area contributed by atoms with E-state index in [1.54, 1.807) is 6.08 Å². The van der Waals surface area contributed by atoms with E-state index in [1.165, 1.54) is 11.1 Å². The molecule has 29 heavy (non-hydrogen) atoms. The Kier molecular flexibility index (Phi) is 6.56. The fourth-order valence-electron chi connectivity index (χ4n) is 3.77. The molecule has 3 rings (SSSR count). The van der Waals surface area contributed by atoms with Crippen molar-refractivity contribution in [1.29, 1.82) is 0 Å². The van der Waals surface area contributed by atoms with E-state index in [0.717, 1.165) is 37.3 Å². The zero-order chi connectivity index (χ0) is 21.0. The van der Waals surface area contributed by atoms with E-state index in [2.05, 4.69) is 68.3 Å². The van der Waals surface area contributed by atoms with Crippen molar-refractivity contribution in [2.75, 3.05) is 34.2 Å². The molecule has 0 radical (unpaired) electrons. The molecule has 0 fully saturated rings. The van der Waals surface area contributed by atoms with Crippen LogP contribution in [0.4, 0.5) is 0 Å². The molecule has 0 amide bonds. The van der Waals surface area contributed by atoms with E-state index < -0.39 is 0 Å². The monoisotopic (exact) mass is 391 g/mol. The fraction of sp³-hybridized carbons (Fsp3) is 0.400. The first-order chi connectivity index (χ1) is 13.7. The third-order valence-electron chi connectivity index (χ3n) is 5.29. The molecule has 2 aromatic rings. The molecule has 0 spiro atoms. The molecule has 2 aromatic carbocycles. The van der Waals surface area contributed by atoms with Gasteiger partial charge in [0.1, 0.15) is 0 Å². The second kappa shape index (κ2) is 8.93. The van der Waals surface area contributed by atoms with Gasteiger partial charge in [0.15, 0.2) is 5.78 Å². The van der Waals surface area contributed by atoms with Gasteiger partial charge in [-0.1, -0.05) is 42.5 Å². The molecule has 1 heterocycles. The number of hydrogen-bond acceptors (Lipinski definition) is 4. The van der Waals surface area contributed by atoms with Crippen molar-refractivity contribution in [3.05, 3.63) is 76.9 Å². The van der Waals surface area contributed by atoms with Crippen molar-refractivity contribution in [2.24, 2.45) is 0 Å². The summed E-state index contributed by atoms with van der Waals surface area (Å²) in [5, 5.41) is 3.59. The van der Waals surface area contributed by atoms with E-state index in [4.69, 9.17) is 0 Å². The third kappa shape index (κ3) is 5.78. The molecule has 0 aromatic heterocycles. The van der Waals surface area contributed by atoms with Gasteiger partial charge in [-0.05, 0) is 58.6 Å². The van der Waals surface area contributed by atoms with E-state index >= 15 is 0 Å². The topological polar surface area (TPSA) is 35.6 Å². The average Bonchev–Trinajstić information content (AvgIpc) is 2.67. The average molecular weight is 392 g/mol. The number of carbonyl (C=O) groups excluding carboxylic acids is 1. The van der Waals surface area contributed by atoms with Crippen LogP contribution in [0.3, 0.4) is 0 Å². The molecule has 0 bridgehead atoms. The van der Waals surface area contributed by atoms with Crippen LogP contribution in [0.2, 0.25) is 0 Å². The number of nitrogens with zero attached hydrogens (tertiary/aromatic N) is 2. The molecule has 154 valence electrons. The van der Waals surface area contributed by atoms with Gasteiger partial charge < -0.3 is 15.1 Å². The van der Waals surface area contributed by atoms with Gasteiger partial charge in [-0.25, -0.2) is 0 Å². The van der Waals surface area contributed by atoms with Crippen molar-refractivity contribution in [3.63, 3.8) is 0 Å². The van der Waals surface area contributed by atoms with E-state index in [1.807, 2.05) is 30.3 Å². The summed E-state index contributed by atoms with van der Waals surface area (Å²) in [6.45, 7) is 7.31. The zero-order valence-corrected chi connectivity index (χ0v) is 18.3. The lowest BCUT2D eigenvalue weighted by molar-refractivity contribution is 0.104. The molecule has 0 atom stereocenters. The van der Waals surface area contributed by atoms with Gasteiger partial charge in [0, 0.05) is 48.1 Å². The summed E-state index contributed by atoms with van der Waals surface area (Å²) in [5.41, 5.74) is 5.26. The van der Waals surface area contributed by atoms with Crippen LogP contribution in [0.15, 0.2) is 54.6 Å². The Morgan fingerprint density at radius 3 is 2.48 bits per heavy atom. The maximum atomic E-state index is 12.8. The minimum atomic E-state index is -0.0835. The highest BCUT2D eigenvalue weighted by Gasteiger charge is 2.28. The maximum absolute atomic E-state index is 12.8. The number of likely N-dealkylation sites (N-methyl/N-ethyl adjacent to an activating group) is 2. The van der Waals surface area contributed by atoms with Crippen LogP contribution in [-0.2, 0) is 13.0 Å². The second-order valence-electron chi connectivity index (χ2n) is 9.01. The van der Waals surface area contributed by atoms with E-state index in [-0.39, 0.29) is 11.3 Å². The van der Waals surface area contributed by atoms with Gasteiger partial charge in [0.2, 0.25) is 0 Å². The minimum absolute atomic E-state index is 0.0326. The molecule has 1 N–H and O–H groups in total. The second-order valence-corrected chi connectivity index (χ2v) is 9.01. The number of carbonyl (C=O) groups is 1. The summed E-state index contributed by atoms with van der Waals surface area (Å²) >= 11 is 0. The van der Waals surface area contributed by atoms with Crippen LogP contribution < -0.4 is 5.32 Å². The zero-order valence-electron chi connectivity index (χ0n) is 18.3. The van der Waals surface area contributed by atoms with Gasteiger partial charge in [0.05, 0.1) is 0 Å². The van der Waals surface area contributed by atoms with Crippen molar-refractivity contribution in [3.8, 4) is 0 Å². The van der Waals surface area contributed by atoms with Gasteiger partial charge in [-0.15, -0.1) is 0 Å². The van der Waals surface area contributed by atoms with Crippen LogP contribution >= 0.6 is 0 Å². The van der Waals surface area contributed by atoms with Crippen LogP contribution in [0.25, 0.3) is 5.70 Å². The van der Waals surface area contributed by atoms with Gasteiger partial charge in [-0.2, -0.15) is 0 Å². The van der Waals surface area contributed by atoms with E-state index in [9.17, 15) is 4.79 Å². The normalized spacial score (nSPS) is 16.7. The number of hydrogen-bond donors (Lipinski definition) is 1. The maximum Gasteiger partial charge on any atom is 0.187 e. The summed E-state index contributed by atoms with van der Waals surface area (Å²) in [6, 6.07) is 16.2. The number of ketones is 1. The largest absolute Gasteiger partial charge is 0.379 e. The Morgan fingerprint density at radius 2 is 1.79 bits per heavy atom. The number of rotatable bonds is 7. The molecular formula is C25H33N3O. The lowest BCUT2D eigenvalue weighted by Crippen LogP contribution is -2.44. The third-order valence-corrected chi connectivity index (χ3v) is 5.29. The summed E-state index contributed by atoms with van der Waals surface area (Å²) < 4.78 is 0. The lowest BCUT2D eigenvalue weighted by Gasteiger charge is -2.36. The minimum Gasteiger partial charge on any atom is -0.379 e. The van der Waals surface area contributed by atoms with Crippen LogP contribution in [-0.4, -0.2) is 55.4 Å². The number of benzene rings is 2. The Labute approximate surface area is 175 Å². The summed E-state index contributed by atoms with van der Waals surface area (Å²) in [6.07, 6.45) is 2.70. The van der Waals surface area contributed by atoms with Crippen molar-refractivity contribution >= 4 is 11.5 Å². The van der Waals surface area contributed by atoms with Crippen molar-refractivity contribution in [1.82, 2.24) is 15.1 Å². The number of nitrogens with one attached hydrogen (secondary N) is 1. The molecule has 0 aliphatic carbocycles. The highest BCUT2D eigenvalue weighted by Crippen LogP contribution is 2.31. The van der Waals surface area contributed by atoms with E-state index in [0.29, 0.717) is 5.56 Å². The first-order valence-corrected chi connectivity index (χ1v) is 10.3. The molecular weight excluding hydrogens is 358 g/mol. The van der Waals surface area contributed by atoms with Gasteiger partial charge in [0.25, 0.3) is 0 Å². The molecule has 0 saturated heterocycles. The fourth-order valence-corrected chi connectivity index (χ4v) is 3.77. The first kappa shape index (κ1) is 21.3. The predicted octanol–water partition coefficient (Wildman–Crippen LogP) is 3.83. The molecule has 4 heteroatoms. The smallest absolute Gasteiger partial charge is 0.187 e.